The minimum Gasteiger partial charge on any atom is -0.329 e. The van der Waals surface area contributed by atoms with Crippen molar-refractivity contribution >= 4 is 23.4 Å². The molecule has 2 aromatic heterocycles. The van der Waals surface area contributed by atoms with Crippen LogP contribution in [0.5, 0.6) is 0 Å². The molecule has 0 aliphatic carbocycles. The first-order valence-corrected chi connectivity index (χ1v) is 6.84. The van der Waals surface area contributed by atoms with E-state index in [1.165, 1.54) is 0 Å². The lowest BCUT2D eigenvalue weighted by molar-refractivity contribution is 0.291. The fourth-order valence-electron chi connectivity index (χ4n) is 2.14. The van der Waals surface area contributed by atoms with Gasteiger partial charge in [-0.1, -0.05) is 13.8 Å². The Morgan fingerprint density at radius 3 is 2.78 bits per heavy atom. The molecule has 0 saturated carbocycles. The van der Waals surface area contributed by atoms with Gasteiger partial charge in [0.25, 0.3) is 0 Å². The maximum Gasteiger partial charge on any atom is 0.179 e. The lowest BCUT2D eigenvalue weighted by Crippen LogP contribution is -2.27. The molecule has 0 amide bonds. The van der Waals surface area contributed by atoms with Crippen LogP contribution in [-0.2, 0) is 6.54 Å². The summed E-state index contributed by atoms with van der Waals surface area (Å²) in [5.74, 6) is 0. The smallest absolute Gasteiger partial charge is 0.179 e. The minimum absolute atomic E-state index is 0.759. The van der Waals surface area contributed by atoms with E-state index < -0.39 is 0 Å². The predicted octanol–water partition coefficient (Wildman–Crippen LogP) is 2.74. The van der Waals surface area contributed by atoms with E-state index in [0.717, 1.165) is 47.7 Å². The molecule has 0 saturated heterocycles. The van der Waals surface area contributed by atoms with Gasteiger partial charge >= 0.3 is 0 Å². The topological polar surface area (TPSA) is 36.9 Å². The summed E-state index contributed by atoms with van der Waals surface area (Å²) in [6.07, 6.45) is 1.89. The van der Waals surface area contributed by atoms with Gasteiger partial charge in [0.1, 0.15) is 0 Å². The van der Waals surface area contributed by atoms with Gasteiger partial charge in [0.05, 0.1) is 5.52 Å². The van der Waals surface area contributed by atoms with Crippen LogP contribution in [0.2, 0.25) is 0 Å². The van der Waals surface area contributed by atoms with Crippen molar-refractivity contribution in [2.75, 3.05) is 19.6 Å². The Labute approximate surface area is 113 Å². The molecule has 2 heterocycles. The van der Waals surface area contributed by atoms with Gasteiger partial charge in [-0.25, -0.2) is 4.98 Å². The number of H-pyrrole nitrogens is 1. The van der Waals surface area contributed by atoms with Crippen LogP contribution in [0.1, 0.15) is 19.4 Å². The molecule has 0 atom stereocenters. The van der Waals surface area contributed by atoms with Crippen molar-refractivity contribution in [2.45, 2.75) is 27.3 Å². The molecular weight excluding hydrogens is 244 g/mol. The van der Waals surface area contributed by atoms with E-state index in [0.29, 0.717) is 0 Å². The van der Waals surface area contributed by atoms with Gasteiger partial charge in [-0.15, -0.1) is 0 Å². The molecular formula is C13H20N4S. The molecule has 0 fully saturated rings. The fourth-order valence-corrected chi connectivity index (χ4v) is 2.42. The molecule has 4 nitrogen and oxygen atoms in total. The first-order chi connectivity index (χ1) is 8.65. The van der Waals surface area contributed by atoms with Crippen molar-refractivity contribution in [3.63, 3.8) is 0 Å². The van der Waals surface area contributed by atoms with E-state index in [-0.39, 0.29) is 0 Å². The summed E-state index contributed by atoms with van der Waals surface area (Å²) in [5, 5.41) is 0. The Balaban J connectivity index is 2.28. The second-order valence-electron chi connectivity index (χ2n) is 4.49. The first kappa shape index (κ1) is 13.2. The van der Waals surface area contributed by atoms with E-state index in [4.69, 9.17) is 12.2 Å². The van der Waals surface area contributed by atoms with E-state index >= 15 is 0 Å². The highest BCUT2D eigenvalue weighted by Crippen LogP contribution is 2.12. The minimum atomic E-state index is 0.759. The summed E-state index contributed by atoms with van der Waals surface area (Å²) in [6, 6.07) is 2.09. The number of aromatic nitrogens is 3. The third-order valence-electron chi connectivity index (χ3n) is 3.28. The number of nitrogens with zero attached hydrogens (tertiary/aromatic N) is 3. The lowest BCUT2D eigenvalue weighted by atomic mass is 10.3. The molecule has 2 aromatic rings. The number of hydrogen-bond donors (Lipinski definition) is 1. The molecule has 0 spiro atoms. The molecule has 2 rings (SSSR count). The Kier molecular flexibility index (Phi) is 4.14. The highest BCUT2D eigenvalue weighted by Gasteiger charge is 2.07. The fraction of sp³-hybridized carbons (Fsp3) is 0.538. The molecule has 0 unspecified atom stereocenters. The van der Waals surface area contributed by atoms with Crippen LogP contribution in [0.15, 0.2) is 12.3 Å². The van der Waals surface area contributed by atoms with Gasteiger partial charge in [-0.05, 0) is 43.9 Å². The van der Waals surface area contributed by atoms with Gasteiger partial charge < -0.3 is 14.5 Å². The summed E-state index contributed by atoms with van der Waals surface area (Å²) in [7, 11) is 0. The Bertz CT molecular complexity index is 580. The summed E-state index contributed by atoms with van der Waals surface area (Å²) < 4.78 is 2.85. The zero-order valence-electron chi connectivity index (χ0n) is 11.2. The predicted molar refractivity (Wildman–Crippen MR) is 77.4 cm³/mol. The van der Waals surface area contributed by atoms with Gasteiger partial charge in [0, 0.05) is 19.3 Å². The summed E-state index contributed by atoms with van der Waals surface area (Å²) in [6.45, 7) is 10.4. The number of aryl methyl sites for hydroxylation is 1. The second kappa shape index (κ2) is 5.63. The van der Waals surface area contributed by atoms with Gasteiger partial charge in [-0.3, -0.25) is 0 Å². The number of fused-ring (bicyclic) bond motifs is 1. The average molecular weight is 264 g/mol. The molecule has 0 aliphatic heterocycles. The monoisotopic (exact) mass is 264 g/mol. The van der Waals surface area contributed by atoms with Crippen molar-refractivity contribution < 1.29 is 0 Å². The number of hydrogen-bond acceptors (Lipinski definition) is 3. The van der Waals surface area contributed by atoms with Crippen molar-refractivity contribution in [1.82, 2.24) is 19.4 Å². The van der Waals surface area contributed by atoms with Crippen LogP contribution < -0.4 is 0 Å². The van der Waals surface area contributed by atoms with E-state index in [2.05, 4.69) is 39.3 Å². The quantitative estimate of drug-likeness (QED) is 0.844. The van der Waals surface area contributed by atoms with Gasteiger partial charge in [0.15, 0.2) is 10.4 Å². The lowest BCUT2D eigenvalue weighted by Gasteiger charge is -2.18. The van der Waals surface area contributed by atoms with Crippen molar-refractivity contribution in [3.8, 4) is 0 Å². The Hall–Kier alpha value is -1.20. The summed E-state index contributed by atoms with van der Waals surface area (Å²) in [4.78, 5) is 10.1. The standard InChI is InChI=1S/C13H20N4S/c1-4-16(5-2)6-7-17-12-11(15-13(17)18)8-10(3)9-14-12/h8-9H,4-7H2,1-3H3,(H,15,18). The Morgan fingerprint density at radius 1 is 1.39 bits per heavy atom. The van der Waals surface area contributed by atoms with Crippen LogP contribution >= 0.6 is 12.2 Å². The molecule has 18 heavy (non-hydrogen) atoms. The normalized spacial score (nSPS) is 11.6. The molecule has 0 bridgehead atoms. The third kappa shape index (κ3) is 2.62. The van der Waals surface area contributed by atoms with Crippen LogP contribution in [0.3, 0.4) is 0 Å². The molecule has 1 N–H and O–H groups in total. The van der Waals surface area contributed by atoms with E-state index in [1.54, 1.807) is 0 Å². The maximum absolute atomic E-state index is 5.37. The molecule has 5 heteroatoms. The van der Waals surface area contributed by atoms with E-state index in [9.17, 15) is 0 Å². The molecule has 0 radical (unpaired) electrons. The number of pyridine rings is 1. The molecule has 0 aromatic carbocycles. The van der Waals surface area contributed by atoms with Crippen LogP contribution in [-0.4, -0.2) is 39.1 Å². The zero-order chi connectivity index (χ0) is 13.1. The molecule has 98 valence electrons. The number of rotatable bonds is 5. The summed E-state index contributed by atoms with van der Waals surface area (Å²) in [5.41, 5.74) is 3.13. The summed E-state index contributed by atoms with van der Waals surface area (Å²) >= 11 is 5.37. The average Bonchev–Trinajstić information content (AvgIpc) is 2.66. The number of imidazole rings is 1. The second-order valence-corrected chi connectivity index (χ2v) is 4.88. The molecule has 0 aliphatic rings. The zero-order valence-corrected chi connectivity index (χ0v) is 12.0. The maximum atomic E-state index is 5.37. The van der Waals surface area contributed by atoms with Gasteiger partial charge in [0.2, 0.25) is 0 Å². The van der Waals surface area contributed by atoms with Crippen LogP contribution in [0, 0.1) is 11.7 Å². The van der Waals surface area contributed by atoms with Crippen molar-refractivity contribution in [3.05, 3.63) is 22.6 Å². The van der Waals surface area contributed by atoms with Gasteiger partial charge in [-0.2, -0.15) is 0 Å². The first-order valence-electron chi connectivity index (χ1n) is 6.43. The van der Waals surface area contributed by atoms with Crippen LogP contribution in [0.4, 0.5) is 0 Å². The largest absolute Gasteiger partial charge is 0.329 e. The number of nitrogens with one attached hydrogen (secondary N) is 1. The number of likely N-dealkylation sites (N-methyl/N-ethyl adjacent to an activating group) is 1. The van der Waals surface area contributed by atoms with Crippen LogP contribution in [0.25, 0.3) is 11.2 Å². The highest BCUT2D eigenvalue weighted by molar-refractivity contribution is 7.71. The third-order valence-corrected chi connectivity index (χ3v) is 3.60. The van der Waals surface area contributed by atoms with Crippen molar-refractivity contribution in [2.24, 2.45) is 0 Å². The number of aromatic amines is 1. The SMILES string of the molecule is CCN(CC)CCn1c(=S)[nH]c2cc(C)cnc21. The Morgan fingerprint density at radius 2 is 2.11 bits per heavy atom. The van der Waals surface area contributed by atoms with E-state index in [1.807, 2.05) is 13.1 Å². The highest BCUT2D eigenvalue weighted by atomic mass is 32.1. The van der Waals surface area contributed by atoms with Crippen molar-refractivity contribution in [1.29, 1.82) is 0 Å².